The summed E-state index contributed by atoms with van der Waals surface area (Å²) < 4.78 is 9.02. The maximum Gasteiger partial charge on any atom is 2.00 e. The standard InChI is InChI=1S/C17H12N6S2.Pt/c1-17(2,15-20-13(24-22-15)11-5-3-7-18-9-11)16-21-14(25-23-16)12-6-4-8-19-10-12;/h3-4,7-10H,1-2H3;/q-2;+2. The Bertz CT molecular complexity index is 905. The van der Waals surface area contributed by atoms with Crippen molar-refractivity contribution in [2.75, 3.05) is 0 Å². The fourth-order valence-electron chi connectivity index (χ4n) is 2.16. The molecular weight excluding hydrogens is 547 g/mol. The fourth-order valence-corrected chi connectivity index (χ4v) is 3.72. The van der Waals surface area contributed by atoms with Crippen molar-refractivity contribution >= 4 is 23.1 Å². The molecule has 0 radical (unpaired) electrons. The molecule has 9 heteroatoms. The first-order chi connectivity index (χ1) is 12.1. The van der Waals surface area contributed by atoms with E-state index in [0.717, 1.165) is 21.1 Å². The van der Waals surface area contributed by atoms with Crippen molar-refractivity contribution < 1.29 is 21.1 Å². The van der Waals surface area contributed by atoms with E-state index in [-0.39, 0.29) is 21.1 Å². The quantitative estimate of drug-likeness (QED) is 0.357. The van der Waals surface area contributed by atoms with Gasteiger partial charge < -0.3 is 9.97 Å². The molecule has 0 atom stereocenters. The van der Waals surface area contributed by atoms with Gasteiger partial charge in [-0.3, -0.25) is 9.97 Å². The van der Waals surface area contributed by atoms with Crippen LogP contribution in [0, 0.1) is 12.1 Å². The van der Waals surface area contributed by atoms with E-state index in [1.54, 1.807) is 36.9 Å². The van der Waals surface area contributed by atoms with Gasteiger partial charge in [-0.1, -0.05) is 59.0 Å². The summed E-state index contributed by atoms with van der Waals surface area (Å²) >= 11 is 2.65. The minimum atomic E-state index is -0.506. The summed E-state index contributed by atoms with van der Waals surface area (Å²) in [6.07, 6.45) is 6.83. The van der Waals surface area contributed by atoms with Crippen molar-refractivity contribution in [3.05, 3.63) is 60.7 Å². The Labute approximate surface area is 173 Å². The second kappa shape index (κ2) is 7.78. The Morgan fingerprint density at radius 1 is 0.808 bits per heavy atom. The smallest absolute Gasteiger partial charge is 0.360 e. The van der Waals surface area contributed by atoms with Crippen LogP contribution in [0.2, 0.25) is 0 Å². The van der Waals surface area contributed by atoms with Crippen LogP contribution in [0.3, 0.4) is 0 Å². The number of nitrogens with zero attached hydrogens (tertiary/aromatic N) is 6. The number of pyridine rings is 2. The number of aromatic nitrogens is 6. The van der Waals surface area contributed by atoms with Gasteiger partial charge in [-0.25, -0.2) is 0 Å². The normalized spacial score (nSPS) is 11.2. The summed E-state index contributed by atoms with van der Waals surface area (Å²) in [5.41, 5.74) is 1.16. The van der Waals surface area contributed by atoms with Crippen LogP contribution < -0.4 is 0 Å². The monoisotopic (exact) mass is 559 g/mol. The van der Waals surface area contributed by atoms with Crippen LogP contribution in [0.5, 0.6) is 0 Å². The van der Waals surface area contributed by atoms with E-state index in [1.165, 1.54) is 23.1 Å². The van der Waals surface area contributed by atoms with Crippen LogP contribution >= 0.6 is 23.1 Å². The molecule has 4 aromatic rings. The first-order valence-electron chi connectivity index (χ1n) is 7.47. The third-order valence-corrected chi connectivity index (χ3v) is 5.13. The van der Waals surface area contributed by atoms with Crippen molar-refractivity contribution in [1.29, 1.82) is 0 Å². The van der Waals surface area contributed by atoms with Gasteiger partial charge >= 0.3 is 21.1 Å². The summed E-state index contributed by atoms with van der Waals surface area (Å²) in [7, 11) is 0. The molecule has 0 amide bonds. The second-order valence-electron chi connectivity index (χ2n) is 5.78. The first-order valence-corrected chi connectivity index (χ1v) is 9.02. The van der Waals surface area contributed by atoms with E-state index in [1.807, 2.05) is 13.8 Å². The Morgan fingerprint density at radius 3 is 1.65 bits per heavy atom. The minimum Gasteiger partial charge on any atom is -0.360 e. The Hall–Kier alpha value is -1.89. The molecule has 0 aliphatic carbocycles. The van der Waals surface area contributed by atoms with Crippen molar-refractivity contribution in [1.82, 2.24) is 28.7 Å². The van der Waals surface area contributed by atoms with Gasteiger partial charge in [0.05, 0.1) is 15.4 Å². The molecule has 0 aromatic carbocycles. The van der Waals surface area contributed by atoms with Gasteiger partial charge in [0.1, 0.15) is 11.6 Å². The maximum absolute atomic E-state index is 4.65. The Balaban J connectivity index is 0.00000196. The molecule has 26 heavy (non-hydrogen) atoms. The van der Waals surface area contributed by atoms with Crippen LogP contribution in [0.15, 0.2) is 36.9 Å². The van der Waals surface area contributed by atoms with Crippen LogP contribution in [0.25, 0.3) is 21.1 Å². The minimum absolute atomic E-state index is 0. The average Bonchev–Trinajstić information content (AvgIpc) is 3.34. The number of hydrogen-bond donors (Lipinski definition) is 0. The zero-order valence-corrected chi connectivity index (χ0v) is 17.7. The molecule has 4 heterocycles. The van der Waals surface area contributed by atoms with Crippen molar-refractivity contribution in [2.45, 2.75) is 19.3 Å². The zero-order chi connectivity index (χ0) is 17.3. The summed E-state index contributed by atoms with van der Waals surface area (Å²) in [5, 5.41) is 1.57. The van der Waals surface area contributed by atoms with Crippen LogP contribution in [-0.2, 0) is 26.5 Å². The number of hydrogen-bond acceptors (Lipinski definition) is 8. The van der Waals surface area contributed by atoms with Gasteiger partial charge in [-0.05, 0) is 13.8 Å². The largest absolute Gasteiger partial charge is 2.00 e. The van der Waals surface area contributed by atoms with Crippen molar-refractivity contribution in [3.63, 3.8) is 0 Å². The third kappa shape index (κ3) is 3.63. The van der Waals surface area contributed by atoms with Gasteiger partial charge in [-0.2, -0.15) is 8.75 Å². The topological polar surface area (TPSA) is 77.3 Å². The molecule has 0 saturated heterocycles. The van der Waals surface area contributed by atoms with Crippen molar-refractivity contribution in [3.8, 4) is 21.1 Å². The molecule has 4 rings (SSSR count). The fraction of sp³-hybridized carbons (Fsp3) is 0.176. The molecule has 0 spiro atoms. The molecule has 0 fully saturated rings. The molecule has 4 aromatic heterocycles. The summed E-state index contributed by atoms with van der Waals surface area (Å²) in [4.78, 5) is 17.5. The number of rotatable bonds is 4. The van der Waals surface area contributed by atoms with E-state index >= 15 is 0 Å². The van der Waals surface area contributed by atoms with E-state index in [0.29, 0.717) is 11.6 Å². The summed E-state index contributed by atoms with van der Waals surface area (Å²) in [5.74, 6) is 1.37. The van der Waals surface area contributed by atoms with Gasteiger partial charge in [0, 0.05) is 0 Å². The molecule has 132 valence electrons. The molecule has 0 aliphatic heterocycles. The second-order valence-corrected chi connectivity index (χ2v) is 7.28. The van der Waals surface area contributed by atoms with E-state index in [4.69, 9.17) is 0 Å². The van der Waals surface area contributed by atoms with Gasteiger partial charge in [0.15, 0.2) is 0 Å². The van der Waals surface area contributed by atoms with Crippen LogP contribution in [-0.4, -0.2) is 28.7 Å². The van der Waals surface area contributed by atoms with E-state index < -0.39 is 5.41 Å². The Kier molecular flexibility index (Phi) is 5.65. The Morgan fingerprint density at radius 2 is 1.27 bits per heavy atom. The predicted molar refractivity (Wildman–Crippen MR) is 96.1 cm³/mol. The first kappa shape index (κ1) is 18.9. The predicted octanol–water partition coefficient (Wildman–Crippen LogP) is 3.44. The molecule has 0 bridgehead atoms. The molecule has 0 saturated carbocycles. The molecule has 0 unspecified atom stereocenters. The van der Waals surface area contributed by atoms with Gasteiger partial charge in [0.25, 0.3) is 0 Å². The zero-order valence-electron chi connectivity index (χ0n) is 13.8. The molecular formula is C17H12N6PtS2. The molecule has 6 nitrogen and oxygen atoms in total. The van der Waals surface area contributed by atoms with Crippen molar-refractivity contribution in [2.24, 2.45) is 0 Å². The van der Waals surface area contributed by atoms with Gasteiger partial charge in [-0.15, -0.1) is 24.3 Å². The summed E-state index contributed by atoms with van der Waals surface area (Å²) in [6, 6.07) is 9.77. The average molecular weight is 560 g/mol. The SMILES string of the molecule is CC(C)(c1nsc(-c2[c-]ccnc2)n1)c1nsc(-c2[c-]ccnc2)n1.[Pt+2]. The van der Waals surface area contributed by atoms with E-state index in [9.17, 15) is 0 Å². The maximum atomic E-state index is 4.65. The van der Waals surface area contributed by atoms with Gasteiger partial charge in [0.2, 0.25) is 0 Å². The van der Waals surface area contributed by atoms with Crippen LogP contribution in [0.4, 0.5) is 0 Å². The summed E-state index contributed by atoms with van der Waals surface area (Å²) in [6.45, 7) is 4.04. The van der Waals surface area contributed by atoms with Crippen LogP contribution in [0.1, 0.15) is 25.5 Å². The third-order valence-electron chi connectivity index (χ3n) is 3.64. The van der Waals surface area contributed by atoms with E-state index in [2.05, 4.69) is 40.8 Å². The molecule has 0 N–H and O–H groups in total. The molecule has 0 aliphatic rings.